The van der Waals surface area contributed by atoms with Gasteiger partial charge in [-0.05, 0) is 32.0 Å². The molecule has 0 bridgehead atoms. The van der Waals surface area contributed by atoms with E-state index in [9.17, 15) is 19.7 Å². The Hall–Kier alpha value is -3.42. The number of nitro benzene ring substituents is 1. The van der Waals surface area contributed by atoms with Crippen molar-refractivity contribution in [2.75, 3.05) is 11.9 Å². The minimum absolute atomic E-state index is 0.0308. The second kappa shape index (κ2) is 9.33. The zero-order chi connectivity index (χ0) is 19.8. The number of nitro groups is 1. The molecule has 0 unspecified atom stereocenters. The van der Waals surface area contributed by atoms with Crippen molar-refractivity contribution in [3.05, 3.63) is 64.2 Å². The molecule has 2 rings (SSSR count). The molecule has 8 heteroatoms. The summed E-state index contributed by atoms with van der Waals surface area (Å²) in [6.45, 7) is 3.46. The van der Waals surface area contributed by atoms with E-state index in [0.29, 0.717) is 5.75 Å². The third-order valence-electron chi connectivity index (χ3n) is 3.63. The van der Waals surface area contributed by atoms with Crippen LogP contribution in [0.4, 0.5) is 11.4 Å². The first-order valence-electron chi connectivity index (χ1n) is 8.30. The molecule has 0 radical (unpaired) electrons. The summed E-state index contributed by atoms with van der Waals surface area (Å²) in [4.78, 5) is 34.3. The zero-order valence-electron chi connectivity index (χ0n) is 15.0. The van der Waals surface area contributed by atoms with Crippen molar-refractivity contribution in [2.24, 2.45) is 0 Å². The summed E-state index contributed by atoms with van der Waals surface area (Å²) in [5.41, 5.74) is 0.897. The number of ether oxygens (including phenoxy) is 2. The van der Waals surface area contributed by atoms with E-state index in [-0.39, 0.29) is 24.4 Å². The topological polar surface area (TPSA) is 108 Å². The standard InChI is InChI=1S/C19H20N2O6/c1-13-7-9-15(10-8-13)26-12-11-18(22)27-14(2)19(23)20-16-5-3-4-6-17(16)21(24)25/h3-10,14H,11-12H2,1-2H3,(H,20,23)/t14-/m1/s1. The van der Waals surface area contributed by atoms with Gasteiger partial charge in [0.15, 0.2) is 6.10 Å². The quantitative estimate of drug-likeness (QED) is 0.433. The fourth-order valence-corrected chi connectivity index (χ4v) is 2.17. The van der Waals surface area contributed by atoms with Crippen LogP contribution in [0.3, 0.4) is 0 Å². The number of carbonyl (C=O) groups is 2. The SMILES string of the molecule is Cc1ccc(OCCC(=O)O[C@H](C)C(=O)Nc2ccccc2[N+](=O)[O-])cc1. The van der Waals surface area contributed by atoms with E-state index < -0.39 is 22.9 Å². The molecule has 2 aromatic carbocycles. The van der Waals surface area contributed by atoms with Crippen LogP contribution >= 0.6 is 0 Å². The van der Waals surface area contributed by atoms with Gasteiger partial charge < -0.3 is 14.8 Å². The van der Waals surface area contributed by atoms with Crippen LogP contribution in [-0.2, 0) is 14.3 Å². The molecule has 0 aliphatic heterocycles. The number of rotatable bonds is 8. The predicted octanol–water partition coefficient (Wildman–Crippen LogP) is 3.24. The van der Waals surface area contributed by atoms with E-state index in [1.54, 1.807) is 18.2 Å². The van der Waals surface area contributed by atoms with E-state index in [0.717, 1.165) is 5.56 Å². The largest absolute Gasteiger partial charge is 0.493 e. The third kappa shape index (κ3) is 6.10. The fourth-order valence-electron chi connectivity index (χ4n) is 2.17. The van der Waals surface area contributed by atoms with Gasteiger partial charge in [-0.3, -0.25) is 19.7 Å². The molecule has 1 atom stereocenters. The zero-order valence-corrected chi connectivity index (χ0v) is 15.0. The number of hydrogen-bond acceptors (Lipinski definition) is 6. The molecule has 1 N–H and O–H groups in total. The summed E-state index contributed by atoms with van der Waals surface area (Å²) in [5, 5.41) is 13.4. The highest BCUT2D eigenvalue weighted by Crippen LogP contribution is 2.23. The summed E-state index contributed by atoms with van der Waals surface area (Å²) in [5.74, 6) is -0.625. The summed E-state index contributed by atoms with van der Waals surface area (Å²) >= 11 is 0. The molecule has 0 aliphatic carbocycles. The van der Waals surface area contributed by atoms with Gasteiger partial charge in [0.25, 0.3) is 11.6 Å². The molecule has 2 aromatic rings. The molecule has 1 amide bonds. The second-order valence-corrected chi connectivity index (χ2v) is 5.81. The molecule has 142 valence electrons. The highest BCUT2D eigenvalue weighted by atomic mass is 16.6. The van der Waals surface area contributed by atoms with E-state index in [1.807, 2.05) is 19.1 Å². The normalized spacial score (nSPS) is 11.3. The molecule has 27 heavy (non-hydrogen) atoms. The van der Waals surface area contributed by atoms with Gasteiger partial charge in [0, 0.05) is 6.07 Å². The lowest BCUT2D eigenvalue weighted by Crippen LogP contribution is -2.30. The Kier molecular flexibility index (Phi) is 6.87. The fraction of sp³-hybridized carbons (Fsp3) is 0.263. The Balaban J connectivity index is 1.80. The monoisotopic (exact) mass is 372 g/mol. The number of esters is 1. The predicted molar refractivity (Wildman–Crippen MR) is 98.6 cm³/mol. The van der Waals surface area contributed by atoms with Crippen LogP contribution in [0.2, 0.25) is 0 Å². The van der Waals surface area contributed by atoms with Crippen molar-refractivity contribution < 1.29 is 24.0 Å². The van der Waals surface area contributed by atoms with E-state index >= 15 is 0 Å². The van der Waals surface area contributed by atoms with Crippen LogP contribution in [-0.4, -0.2) is 29.5 Å². The smallest absolute Gasteiger partial charge is 0.310 e. The van der Waals surface area contributed by atoms with Gasteiger partial charge in [-0.15, -0.1) is 0 Å². The molecule has 8 nitrogen and oxygen atoms in total. The van der Waals surface area contributed by atoms with Crippen molar-refractivity contribution in [3.63, 3.8) is 0 Å². The van der Waals surface area contributed by atoms with Crippen LogP contribution in [0.5, 0.6) is 5.75 Å². The van der Waals surface area contributed by atoms with Gasteiger partial charge in [0.1, 0.15) is 11.4 Å². The average Bonchev–Trinajstić information content (AvgIpc) is 2.63. The lowest BCUT2D eigenvalue weighted by molar-refractivity contribution is -0.383. The summed E-state index contributed by atoms with van der Waals surface area (Å²) in [6.07, 6.45) is -1.13. The Labute approximate surface area is 156 Å². The highest BCUT2D eigenvalue weighted by Gasteiger charge is 2.21. The number of nitrogens with zero attached hydrogens (tertiary/aromatic N) is 1. The molecular weight excluding hydrogens is 352 g/mol. The van der Waals surface area contributed by atoms with Crippen molar-refractivity contribution in [3.8, 4) is 5.75 Å². The van der Waals surface area contributed by atoms with Gasteiger partial charge in [0.05, 0.1) is 18.0 Å². The number of aryl methyl sites for hydroxylation is 1. The number of nitrogens with one attached hydrogen (secondary N) is 1. The Morgan fingerprint density at radius 1 is 1.15 bits per heavy atom. The Morgan fingerprint density at radius 3 is 2.48 bits per heavy atom. The average molecular weight is 372 g/mol. The summed E-state index contributed by atoms with van der Waals surface area (Å²) in [6, 6.07) is 13.1. The van der Waals surface area contributed by atoms with Gasteiger partial charge >= 0.3 is 5.97 Å². The highest BCUT2D eigenvalue weighted by molar-refractivity contribution is 5.96. The number of amides is 1. The van der Waals surface area contributed by atoms with Crippen LogP contribution in [0.25, 0.3) is 0 Å². The van der Waals surface area contributed by atoms with Gasteiger partial charge in [-0.1, -0.05) is 29.8 Å². The van der Waals surface area contributed by atoms with E-state index in [1.165, 1.54) is 25.1 Å². The van der Waals surface area contributed by atoms with Crippen molar-refractivity contribution in [1.82, 2.24) is 0 Å². The van der Waals surface area contributed by atoms with Crippen LogP contribution in [0, 0.1) is 17.0 Å². The minimum Gasteiger partial charge on any atom is -0.493 e. The molecule has 0 aliphatic rings. The van der Waals surface area contributed by atoms with Gasteiger partial charge in [-0.2, -0.15) is 0 Å². The first kappa shape index (κ1) is 19.9. The third-order valence-corrected chi connectivity index (χ3v) is 3.63. The van der Waals surface area contributed by atoms with Gasteiger partial charge in [0.2, 0.25) is 0 Å². The number of benzene rings is 2. The second-order valence-electron chi connectivity index (χ2n) is 5.81. The minimum atomic E-state index is -1.10. The maximum absolute atomic E-state index is 12.1. The molecule has 0 saturated carbocycles. The van der Waals surface area contributed by atoms with E-state index in [2.05, 4.69) is 5.32 Å². The Morgan fingerprint density at radius 2 is 1.81 bits per heavy atom. The van der Waals surface area contributed by atoms with Crippen molar-refractivity contribution in [1.29, 1.82) is 0 Å². The van der Waals surface area contributed by atoms with Crippen LogP contribution < -0.4 is 10.1 Å². The maximum atomic E-state index is 12.1. The Bertz CT molecular complexity index is 819. The molecule has 0 fully saturated rings. The van der Waals surface area contributed by atoms with Crippen LogP contribution in [0.15, 0.2) is 48.5 Å². The van der Waals surface area contributed by atoms with E-state index in [4.69, 9.17) is 9.47 Å². The van der Waals surface area contributed by atoms with Crippen LogP contribution in [0.1, 0.15) is 18.9 Å². The molecule has 0 heterocycles. The molecule has 0 spiro atoms. The number of carbonyl (C=O) groups excluding carboxylic acids is 2. The lowest BCUT2D eigenvalue weighted by Gasteiger charge is -2.14. The number of anilines is 1. The summed E-state index contributed by atoms with van der Waals surface area (Å²) in [7, 11) is 0. The number of para-hydroxylation sites is 2. The first-order chi connectivity index (χ1) is 12.9. The molecule has 0 saturated heterocycles. The van der Waals surface area contributed by atoms with Gasteiger partial charge in [-0.25, -0.2) is 0 Å². The number of hydrogen-bond donors (Lipinski definition) is 1. The molecule has 0 aromatic heterocycles. The van der Waals surface area contributed by atoms with Crippen molar-refractivity contribution >= 4 is 23.3 Å². The lowest BCUT2D eigenvalue weighted by atomic mass is 10.2. The maximum Gasteiger partial charge on any atom is 0.310 e. The molecular formula is C19H20N2O6. The first-order valence-corrected chi connectivity index (χ1v) is 8.30. The summed E-state index contributed by atoms with van der Waals surface area (Å²) < 4.78 is 10.5. The van der Waals surface area contributed by atoms with Crippen molar-refractivity contribution in [2.45, 2.75) is 26.4 Å².